The van der Waals surface area contributed by atoms with E-state index in [-0.39, 0.29) is 10.9 Å². The van der Waals surface area contributed by atoms with Crippen molar-refractivity contribution in [3.63, 3.8) is 0 Å². The number of aromatic hydroxyl groups is 1. The Morgan fingerprint density at radius 2 is 2.11 bits per heavy atom. The van der Waals surface area contributed by atoms with Crippen molar-refractivity contribution in [2.75, 3.05) is 5.32 Å². The first kappa shape index (κ1) is 13.3. The highest BCUT2D eigenvalue weighted by Gasteiger charge is 2.39. The minimum atomic E-state index is -4.95. The summed E-state index contributed by atoms with van der Waals surface area (Å²) in [6.45, 7) is 0. The fourth-order valence-electron chi connectivity index (χ4n) is 1.30. The van der Waals surface area contributed by atoms with Crippen molar-refractivity contribution in [3.05, 3.63) is 29.6 Å². The van der Waals surface area contributed by atoms with Gasteiger partial charge in [-0.3, -0.25) is 10.1 Å². The number of aromatic nitrogens is 1. The number of phenolic OH excluding ortho intramolecular Hbond substituents is 1. The van der Waals surface area contributed by atoms with Crippen LogP contribution in [0.1, 0.15) is 0 Å². The third-order valence-electron chi connectivity index (χ3n) is 2.12. The number of phenols is 1. The molecular formula is C11H7F3N2O2S. The number of carbonyl (C=O) groups is 1. The van der Waals surface area contributed by atoms with Gasteiger partial charge in [-0.1, -0.05) is 12.1 Å². The Hall–Kier alpha value is -2.09. The lowest BCUT2D eigenvalue weighted by atomic mass is 10.2. The molecule has 1 aromatic carbocycles. The van der Waals surface area contributed by atoms with Crippen molar-refractivity contribution >= 4 is 22.4 Å². The maximum Gasteiger partial charge on any atom is 0.471 e. The fourth-order valence-corrected chi connectivity index (χ4v) is 2.01. The van der Waals surface area contributed by atoms with Gasteiger partial charge in [0.1, 0.15) is 5.75 Å². The van der Waals surface area contributed by atoms with Gasteiger partial charge in [-0.15, -0.1) is 11.3 Å². The van der Waals surface area contributed by atoms with Gasteiger partial charge in [0.15, 0.2) is 5.13 Å². The molecule has 2 rings (SSSR count). The number of nitrogens with zero attached hydrogens (tertiary/aromatic N) is 1. The summed E-state index contributed by atoms with van der Waals surface area (Å²) in [7, 11) is 0. The number of thiazole rings is 1. The zero-order valence-corrected chi connectivity index (χ0v) is 10.0. The van der Waals surface area contributed by atoms with E-state index in [0.29, 0.717) is 11.3 Å². The highest BCUT2D eigenvalue weighted by molar-refractivity contribution is 7.14. The second-order valence-corrected chi connectivity index (χ2v) is 4.40. The van der Waals surface area contributed by atoms with Crippen LogP contribution in [0, 0.1) is 0 Å². The van der Waals surface area contributed by atoms with Gasteiger partial charge in [-0.25, -0.2) is 4.98 Å². The molecule has 100 valence electrons. The SMILES string of the molecule is O=C(Nc1nc(-c2cccc(O)c2)cs1)C(F)(F)F. The van der Waals surface area contributed by atoms with Gasteiger partial charge in [0.2, 0.25) is 0 Å². The van der Waals surface area contributed by atoms with Crippen LogP contribution in [0.5, 0.6) is 5.75 Å². The highest BCUT2D eigenvalue weighted by Crippen LogP contribution is 2.28. The largest absolute Gasteiger partial charge is 0.508 e. The molecule has 0 unspecified atom stereocenters. The van der Waals surface area contributed by atoms with E-state index >= 15 is 0 Å². The Kier molecular flexibility index (Phi) is 3.43. The van der Waals surface area contributed by atoms with Gasteiger partial charge in [-0.05, 0) is 12.1 Å². The summed E-state index contributed by atoms with van der Waals surface area (Å²) >= 11 is 0.870. The third-order valence-corrected chi connectivity index (χ3v) is 2.88. The van der Waals surface area contributed by atoms with Crippen LogP contribution in [-0.2, 0) is 4.79 Å². The van der Waals surface area contributed by atoms with Crippen LogP contribution >= 0.6 is 11.3 Å². The number of anilines is 1. The van der Waals surface area contributed by atoms with Gasteiger partial charge >= 0.3 is 12.1 Å². The molecule has 2 aromatic rings. The van der Waals surface area contributed by atoms with E-state index in [1.807, 2.05) is 0 Å². The minimum Gasteiger partial charge on any atom is -0.508 e. The zero-order valence-electron chi connectivity index (χ0n) is 9.23. The summed E-state index contributed by atoms with van der Waals surface area (Å²) in [5.74, 6) is -2.05. The van der Waals surface area contributed by atoms with E-state index < -0.39 is 12.1 Å². The van der Waals surface area contributed by atoms with Crippen LogP contribution in [0.25, 0.3) is 11.3 Å². The molecule has 0 aliphatic heterocycles. The van der Waals surface area contributed by atoms with Crippen LogP contribution in [0.15, 0.2) is 29.6 Å². The molecule has 2 N–H and O–H groups in total. The Labute approximate surface area is 109 Å². The van der Waals surface area contributed by atoms with Crippen LogP contribution in [-0.4, -0.2) is 22.2 Å². The molecule has 0 aliphatic carbocycles. The first-order chi connectivity index (χ1) is 8.86. The van der Waals surface area contributed by atoms with E-state index in [2.05, 4.69) is 4.98 Å². The van der Waals surface area contributed by atoms with Crippen LogP contribution in [0.4, 0.5) is 18.3 Å². The maximum absolute atomic E-state index is 12.0. The Morgan fingerprint density at radius 3 is 2.74 bits per heavy atom. The van der Waals surface area contributed by atoms with Gasteiger partial charge in [0, 0.05) is 10.9 Å². The molecule has 0 fully saturated rings. The Morgan fingerprint density at radius 1 is 1.37 bits per heavy atom. The normalized spacial score (nSPS) is 11.3. The molecule has 0 aliphatic rings. The molecule has 0 atom stereocenters. The van der Waals surface area contributed by atoms with Crippen LogP contribution in [0.2, 0.25) is 0 Å². The lowest BCUT2D eigenvalue weighted by Crippen LogP contribution is -2.29. The summed E-state index contributed by atoms with van der Waals surface area (Å²) in [6, 6.07) is 6.11. The fraction of sp³-hybridized carbons (Fsp3) is 0.0909. The number of hydrogen-bond donors (Lipinski definition) is 2. The molecule has 1 heterocycles. The monoisotopic (exact) mass is 288 g/mol. The van der Waals surface area contributed by atoms with E-state index in [0.717, 1.165) is 11.3 Å². The van der Waals surface area contributed by atoms with Crippen LogP contribution in [0.3, 0.4) is 0 Å². The summed E-state index contributed by atoms with van der Waals surface area (Å²) in [6.07, 6.45) is -4.95. The van der Waals surface area contributed by atoms with E-state index in [1.54, 1.807) is 17.4 Å². The first-order valence-corrected chi connectivity index (χ1v) is 5.87. The summed E-state index contributed by atoms with van der Waals surface area (Å²) in [5, 5.41) is 12.3. The average Bonchev–Trinajstić information content (AvgIpc) is 2.76. The maximum atomic E-state index is 12.0. The van der Waals surface area contributed by atoms with Crippen molar-refractivity contribution in [1.82, 2.24) is 4.98 Å². The first-order valence-electron chi connectivity index (χ1n) is 4.99. The minimum absolute atomic E-state index is 0.0198. The predicted octanol–water partition coefficient (Wildman–Crippen LogP) is 3.02. The Bertz CT molecular complexity index is 610. The van der Waals surface area contributed by atoms with Crippen molar-refractivity contribution in [2.45, 2.75) is 6.18 Å². The van der Waals surface area contributed by atoms with E-state index in [9.17, 15) is 23.1 Å². The van der Waals surface area contributed by atoms with Crippen molar-refractivity contribution in [2.24, 2.45) is 0 Å². The topological polar surface area (TPSA) is 62.2 Å². The number of halogens is 3. The van der Waals surface area contributed by atoms with Gasteiger partial charge in [0.25, 0.3) is 0 Å². The number of rotatable bonds is 2. The number of alkyl halides is 3. The standard InChI is InChI=1S/C11H7F3N2O2S/c12-11(13,14)9(18)16-10-15-8(5-19-10)6-2-1-3-7(17)4-6/h1-5,17H,(H,15,16,18). The molecule has 0 saturated heterocycles. The quantitative estimate of drug-likeness (QED) is 0.893. The lowest BCUT2D eigenvalue weighted by Gasteiger charge is -2.04. The molecule has 8 heteroatoms. The van der Waals surface area contributed by atoms with Crippen molar-refractivity contribution in [3.8, 4) is 17.0 Å². The average molecular weight is 288 g/mol. The molecule has 1 amide bonds. The van der Waals surface area contributed by atoms with E-state index in [4.69, 9.17) is 0 Å². The molecule has 1 aromatic heterocycles. The molecule has 0 bridgehead atoms. The van der Waals surface area contributed by atoms with Crippen LogP contribution < -0.4 is 5.32 Å². The van der Waals surface area contributed by atoms with Gasteiger partial charge in [0.05, 0.1) is 5.69 Å². The highest BCUT2D eigenvalue weighted by atomic mass is 32.1. The molecule has 0 spiro atoms. The predicted molar refractivity (Wildman–Crippen MR) is 63.9 cm³/mol. The number of hydrogen-bond acceptors (Lipinski definition) is 4. The molecule has 0 radical (unpaired) electrons. The summed E-state index contributed by atoms with van der Waals surface area (Å²) in [4.78, 5) is 14.6. The van der Waals surface area contributed by atoms with Crippen molar-refractivity contribution < 1.29 is 23.1 Å². The smallest absolute Gasteiger partial charge is 0.471 e. The summed E-state index contributed by atoms with van der Waals surface area (Å²) in [5.41, 5.74) is 0.919. The Balaban J connectivity index is 2.18. The molecule has 19 heavy (non-hydrogen) atoms. The second-order valence-electron chi connectivity index (χ2n) is 3.54. The molecule has 0 saturated carbocycles. The van der Waals surface area contributed by atoms with Gasteiger partial charge < -0.3 is 5.11 Å². The number of nitrogens with one attached hydrogen (secondary N) is 1. The molecule has 4 nitrogen and oxygen atoms in total. The van der Waals surface area contributed by atoms with Gasteiger partial charge in [-0.2, -0.15) is 13.2 Å². The molecular weight excluding hydrogens is 281 g/mol. The second kappa shape index (κ2) is 4.88. The zero-order chi connectivity index (χ0) is 14.0. The number of amides is 1. The third kappa shape index (κ3) is 3.22. The number of carbonyl (C=O) groups excluding carboxylic acids is 1. The van der Waals surface area contributed by atoms with E-state index in [1.165, 1.54) is 17.5 Å². The van der Waals surface area contributed by atoms with Crippen molar-refractivity contribution in [1.29, 1.82) is 0 Å². The number of benzene rings is 1. The summed E-state index contributed by atoms with van der Waals surface area (Å²) < 4.78 is 36.1. The lowest BCUT2D eigenvalue weighted by molar-refractivity contribution is -0.167.